The highest BCUT2D eigenvalue weighted by molar-refractivity contribution is 9.11. The highest BCUT2D eigenvalue weighted by atomic mass is 79.9. The van der Waals surface area contributed by atoms with Gasteiger partial charge in [-0.3, -0.25) is 14.4 Å². The van der Waals surface area contributed by atoms with E-state index in [4.69, 9.17) is 0 Å². The minimum Gasteiger partial charge on any atom is -0.481 e. The van der Waals surface area contributed by atoms with E-state index in [1.54, 1.807) is 0 Å². The van der Waals surface area contributed by atoms with Crippen LogP contribution in [0.5, 0.6) is 0 Å². The lowest BCUT2D eigenvalue weighted by molar-refractivity contribution is -0.138. The van der Waals surface area contributed by atoms with E-state index in [0.29, 0.717) is 9.85 Å². The minimum absolute atomic E-state index is 0.140. The van der Waals surface area contributed by atoms with Gasteiger partial charge in [-0.05, 0) is 57.9 Å². The van der Waals surface area contributed by atoms with Crippen molar-refractivity contribution in [2.75, 3.05) is 13.1 Å². The van der Waals surface area contributed by atoms with Crippen LogP contribution in [0.2, 0.25) is 0 Å². The zero-order valence-electron chi connectivity index (χ0n) is 19.7. The predicted octanol–water partition coefficient (Wildman–Crippen LogP) is 3.73. The number of carboxylic acids is 1. The number of carboxylic acid groups (broad SMARTS) is 1. The number of amides is 2. The SMILES string of the molecule is O=C(O)CC(NC(=O)C1N(C(=O)c2cc(F)cc(F)c2)CCN1S(=O)(=O)c1ccc(Br)s1)c1ccc(F)cc1. The molecule has 206 valence electrons. The minimum atomic E-state index is -4.35. The van der Waals surface area contributed by atoms with Crippen LogP contribution < -0.4 is 5.32 Å². The van der Waals surface area contributed by atoms with Gasteiger partial charge in [0.05, 0.1) is 16.2 Å². The first-order chi connectivity index (χ1) is 18.4. The Morgan fingerprint density at radius 1 is 1.00 bits per heavy atom. The van der Waals surface area contributed by atoms with Crippen LogP contribution in [0.25, 0.3) is 0 Å². The molecule has 1 fully saturated rings. The predicted molar refractivity (Wildman–Crippen MR) is 137 cm³/mol. The summed E-state index contributed by atoms with van der Waals surface area (Å²) in [5.74, 6) is -6.10. The molecule has 0 saturated carbocycles. The van der Waals surface area contributed by atoms with Gasteiger partial charge in [-0.1, -0.05) is 12.1 Å². The fourth-order valence-electron chi connectivity index (χ4n) is 4.11. The molecule has 15 heteroatoms. The molecule has 3 aromatic rings. The van der Waals surface area contributed by atoms with Gasteiger partial charge in [-0.25, -0.2) is 21.6 Å². The Kier molecular flexibility index (Phi) is 8.44. The molecule has 2 heterocycles. The molecule has 1 aromatic heterocycles. The molecule has 2 N–H and O–H groups in total. The van der Waals surface area contributed by atoms with Crippen molar-refractivity contribution in [2.24, 2.45) is 0 Å². The highest BCUT2D eigenvalue weighted by Gasteiger charge is 2.47. The lowest BCUT2D eigenvalue weighted by atomic mass is 10.0. The van der Waals surface area contributed by atoms with Gasteiger partial charge >= 0.3 is 5.97 Å². The Balaban J connectivity index is 1.74. The molecular weight excluding hydrogens is 627 g/mol. The van der Waals surface area contributed by atoms with Gasteiger partial charge in [0.2, 0.25) is 0 Å². The lowest BCUT2D eigenvalue weighted by Crippen LogP contribution is -2.54. The van der Waals surface area contributed by atoms with E-state index >= 15 is 0 Å². The van der Waals surface area contributed by atoms with E-state index in [2.05, 4.69) is 21.2 Å². The van der Waals surface area contributed by atoms with Crippen molar-refractivity contribution in [1.29, 1.82) is 0 Å². The Labute approximate surface area is 233 Å². The summed E-state index contributed by atoms with van der Waals surface area (Å²) in [6.07, 6.45) is -2.47. The molecule has 0 radical (unpaired) electrons. The zero-order valence-corrected chi connectivity index (χ0v) is 22.9. The Bertz CT molecular complexity index is 1510. The average molecular weight is 646 g/mol. The first kappa shape index (κ1) is 28.7. The second kappa shape index (κ2) is 11.5. The van der Waals surface area contributed by atoms with Crippen molar-refractivity contribution < 1.29 is 41.1 Å². The molecule has 1 aliphatic rings. The monoisotopic (exact) mass is 645 g/mol. The van der Waals surface area contributed by atoms with E-state index in [1.165, 1.54) is 24.3 Å². The number of rotatable bonds is 8. The standard InChI is InChI=1S/C24H19BrF3N3O6S2/c25-19-5-6-21(38-19)39(36,37)31-8-7-30(24(35)14-9-16(27)11-17(28)10-14)23(31)22(34)29-18(12-20(32)33)13-1-3-15(26)4-2-13/h1-6,9-11,18,23H,7-8,12H2,(H,29,34)(H,32,33). The van der Waals surface area contributed by atoms with Crippen LogP contribution in [0.4, 0.5) is 13.2 Å². The first-order valence-corrected chi connectivity index (χ1v) is 14.2. The number of carbonyl (C=O) groups excluding carboxylic acids is 2. The molecule has 0 bridgehead atoms. The van der Waals surface area contributed by atoms with Crippen molar-refractivity contribution >= 4 is 55.1 Å². The number of nitrogens with one attached hydrogen (secondary N) is 1. The molecule has 4 rings (SSSR count). The van der Waals surface area contributed by atoms with Crippen LogP contribution in [0, 0.1) is 17.5 Å². The van der Waals surface area contributed by atoms with Crippen LogP contribution >= 0.6 is 27.3 Å². The fraction of sp³-hybridized carbons (Fsp3) is 0.208. The highest BCUT2D eigenvalue weighted by Crippen LogP contribution is 2.33. The molecule has 2 amide bonds. The summed E-state index contributed by atoms with van der Waals surface area (Å²) < 4.78 is 69.2. The second-order valence-electron chi connectivity index (χ2n) is 8.42. The molecule has 0 spiro atoms. The second-order valence-corrected chi connectivity index (χ2v) is 13.0. The topological polar surface area (TPSA) is 124 Å². The van der Waals surface area contributed by atoms with E-state index in [-0.39, 0.29) is 22.9 Å². The molecular formula is C24H19BrF3N3O6S2. The van der Waals surface area contributed by atoms with Gasteiger partial charge in [-0.15, -0.1) is 11.3 Å². The fourth-order valence-corrected chi connectivity index (χ4v) is 7.79. The maximum Gasteiger partial charge on any atom is 0.305 e. The number of halogens is 4. The number of carbonyl (C=O) groups is 3. The molecule has 2 unspecified atom stereocenters. The van der Waals surface area contributed by atoms with Crippen molar-refractivity contribution in [3.05, 3.63) is 87.0 Å². The van der Waals surface area contributed by atoms with Crippen LogP contribution in [-0.4, -0.2) is 59.8 Å². The van der Waals surface area contributed by atoms with Gasteiger partial charge in [0, 0.05) is 24.7 Å². The summed E-state index contributed by atoms with van der Waals surface area (Å²) in [4.78, 5) is 39.3. The number of thiophene rings is 1. The lowest BCUT2D eigenvalue weighted by Gasteiger charge is -2.30. The molecule has 1 saturated heterocycles. The zero-order chi connectivity index (χ0) is 28.5. The first-order valence-electron chi connectivity index (χ1n) is 11.2. The molecule has 2 aromatic carbocycles. The third kappa shape index (κ3) is 6.32. The van der Waals surface area contributed by atoms with Crippen LogP contribution in [0.3, 0.4) is 0 Å². The maximum absolute atomic E-state index is 13.8. The summed E-state index contributed by atoms with van der Waals surface area (Å²) in [7, 11) is -4.35. The molecule has 2 atom stereocenters. The molecule has 0 aliphatic carbocycles. The molecule has 9 nitrogen and oxygen atoms in total. The van der Waals surface area contributed by atoms with Gasteiger partial charge in [-0.2, -0.15) is 4.31 Å². The number of hydrogen-bond acceptors (Lipinski definition) is 6. The largest absolute Gasteiger partial charge is 0.481 e. The summed E-state index contributed by atoms with van der Waals surface area (Å²) >= 11 is 4.05. The number of sulfonamides is 1. The average Bonchev–Trinajstić information content (AvgIpc) is 3.50. The maximum atomic E-state index is 13.8. The summed E-state index contributed by atoms with van der Waals surface area (Å²) in [6.45, 7) is -0.638. The van der Waals surface area contributed by atoms with Crippen LogP contribution in [0.15, 0.2) is 62.6 Å². The van der Waals surface area contributed by atoms with Gasteiger partial charge in [0.25, 0.3) is 21.8 Å². The normalized spacial score (nSPS) is 16.7. The molecule has 1 aliphatic heterocycles. The molecule has 39 heavy (non-hydrogen) atoms. The van der Waals surface area contributed by atoms with Gasteiger partial charge < -0.3 is 15.3 Å². The summed E-state index contributed by atoms with van der Waals surface area (Å²) in [5, 5.41) is 11.8. The van der Waals surface area contributed by atoms with Crippen molar-refractivity contribution in [1.82, 2.24) is 14.5 Å². The van der Waals surface area contributed by atoms with E-state index in [9.17, 15) is 41.1 Å². The van der Waals surface area contributed by atoms with Gasteiger partial charge in [0.1, 0.15) is 21.7 Å². The summed E-state index contributed by atoms with van der Waals surface area (Å²) in [6, 6.07) is 8.25. The smallest absolute Gasteiger partial charge is 0.305 e. The third-order valence-corrected chi connectivity index (χ3v) is 9.76. The Morgan fingerprint density at radius 3 is 2.21 bits per heavy atom. The van der Waals surface area contributed by atoms with E-state index < -0.39 is 69.5 Å². The van der Waals surface area contributed by atoms with E-state index in [0.717, 1.165) is 44.8 Å². The van der Waals surface area contributed by atoms with Crippen molar-refractivity contribution in [3.63, 3.8) is 0 Å². The number of aliphatic carboxylic acids is 1. The Hall–Kier alpha value is -3.27. The number of nitrogens with zero attached hydrogens (tertiary/aromatic N) is 2. The van der Waals surface area contributed by atoms with Crippen LogP contribution in [0.1, 0.15) is 28.4 Å². The summed E-state index contributed by atoms with van der Waals surface area (Å²) in [5.41, 5.74) is -0.240. The third-order valence-electron chi connectivity index (χ3n) is 5.81. The Morgan fingerprint density at radius 2 is 1.64 bits per heavy atom. The van der Waals surface area contributed by atoms with E-state index in [1.807, 2.05) is 0 Å². The van der Waals surface area contributed by atoms with Crippen LogP contribution in [-0.2, 0) is 19.6 Å². The number of benzene rings is 2. The van der Waals surface area contributed by atoms with Crippen molar-refractivity contribution in [2.45, 2.75) is 22.8 Å². The van der Waals surface area contributed by atoms with Crippen molar-refractivity contribution in [3.8, 4) is 0 Å². The quantitative estimate of drug-likeness (QED) is 0.385. The number of hydrogen-bond donors (Lipinski definition) is 2. The van der Waals surface area contributed by atoms with Gasteiger partial charge in [0.15, 0.2) is 6.17 Å².